The molecule has 5 rings (SSSR count). The average molecular weight is 407 g/mol. The van der Waals surface area contributed by atoms with E-state index in [0.717, 1.165) is 35.7 Å². The van der Waals surface area contributed by atoms with E-state index in [4.69, 9.17) is 11.6 Å². The van der Waals surface area contributed by atoms with E-state index in [1.807, 2.05) is 64.9 Å². The van der Waals surface area contributed by atoms with Crippen LogP contribution < -0.4 is 0 Å². The van der Waals surface area contributed by atoms with Crippen LogP contribution in [-0.2, 0) is 0 Å². The van der Waals surface area contributed by atoms with E-state index in [1.165, 1.54) is 0 Å². The maximum absolute atomic E-state index is 13.4. The van der Waals surface area contributed by atoms with E-state index in [2.05, 4.69) is 15.3 Å². The van der Waals surface area contributed by atoms with Crippen LogP contribution in [-0.4, -0.2) is 41.7 Å². The summed E-state index contributed by atoms with van der Waals surface area (Å²) in [5.41, 5.74) is 2.99. The Hall–Kier alpha value is -3.19. The number of nitrogens with zero attached hydrogens (tertiary/aromatic N) is 6. The number of carbonyl (C=O) groups is 1. The van der Waals surface area contributed by atoms with Gasteiger partial charge in [0.1, 0.15) is 0 Å². The Morgan fingerprint density at radius 1 is 1.17 bits per heavy atom. The number of fused-ring (bicyclic) bond motifs is 1. The first-order valence-electron chi connectivity index (χ1n) is 9.54. The Balaban J connectivity index is 1.49. The topological polar surface area (TPSA) is 68.3 Å². The van der Waals surface area contributed by atoms with Crippen LogP contribution in [0.25, 0.3) is 11.3 Å². The second kappa shape index (κ2) is 7.00. The molecule has 0 unspecified atom stereocenters. The first kappa shape index (κ1) is 17.9. The van der Waals surface area contributed by atoms with Crippen molar-refractivity contribution in [2.45, 2.75) is 25.8 Å². The fraction of sp³-hybridized carbons (Fsp3) is 0.238. The standard InChI is InChI=1S/C21H19ClN6O/c1-14-17(13-23-28(14)16-7-4-6-15(22)12-16)21(29)26-11-5-8-18(26)20-25-24-19-9-2-3-10-27(19)20/h2-4,6-7,9-10,12-13,18H,5,8,11H2,1H3/t18-/m1/s1. The molecule has 1 amide bonds. The van der Waals surface area contributed by atoms with Gasteiger partial charge in [0.25, 0.3) is 5.91 Å². The lowest BCUT2D eigenvalue weighted by molar-refractivity contribution is 0.0728. The van der Waals surface area contributed by atoms with Crippen LogP contribution in [0.4, 0.5) is 0 Å². The van der Waals surface area contributed by atoms with Gasteiger partial charge in [-0.2, -0.15) is 5.10 Å². The van der Waals surface area contributed by atoms with Gasteiger partial charge in [-0.05, 0) is 50.1 Å². The molecule has 0 saturated carbocycles. The number of aromatic nitrogens is 5. The SMILES string of the molecule is Cc1c(C(=O)N2CCC[C@@H]2c2nnc3ccccn23)cnn1-c1cccc(Cl)c1. The molecule has 146 valence electrons. The number of hydrogen-bond donors (Lipinski definition) is 0. The minimum Gasteiger partial charge on any atom is -0.328 e. The van der Waals surface area contributed by atoms with Crippen molar-refractivity contribution < 1.29 is 4.79 Å². The Morgan fingerprint density at radius 2 is 2.07 bits per heavy atom. The van der Waals surface area contributed by atoms with E-state index in [9.17, 15) is 4.79 Å². The molecule has 0 radical (unpaired) electrons. The van der Waals surface area contributed by atoms with E-state index >= 15 is 0 Å². The van der Waals surface area contributed by atoms with Crippen LogP contribution in [0.2, 0.25) is 5.02 Å². The number of halogens is 1. The second-order valence-corrected chi connectivity index (χ2v) is 7.62. The van der Waals surface area contributed by atoms with Crippen molar-refractivity contribution in [3.8, 4) is 5.69 Å². The van der Waals surface area contributed by atoms with Gasteiger partial charge in [0.05, 0.1) is 29.2 Å². The summed E-state index contributed by atoms with van der Waals surface area (Å²) < 4.78 is 3.70. The number of carbonyl (C=O) groups excluding carboxylic acids is 1. The molecule has 8 heteroatoms. The zero-order valence-electron chi connectivity index (χ0n) is 15.9. The fourth-order valence-corrected chi connectivity index (χ4v) is 4.19. The second-order valence-electron chi connectivity index (χ2n) is 7.18. The Morgan fingerprint density at radius 3 is 2.93 bits per heavy atom. The summed E-state index contributed by atoms with van der Waals surface area (Å²) in [5.74, 6) is 0.761. The van der Waals surface area contributed by atoms with Gasteiger partial charge >= 0.3 is 0 Å². The highest BCUT2D eigenvalue weighted by Gasteiger charge is 2.35. The zero-order chi connectivity index (χ0) is 20.0. The van der Waals surface area contributed by atoms with Crippen molar-refractivity contribution in [1.82, 2.24) is 29.3 Å². The third kappa shape index (κ3) is 2.98. The van der Waals surface area contributed by atoms with Crippen LogP contribution in [0.5, 0.6) is 0 Å². The van der Waals surface area contributed by atoms with Gasteiger partial charge in [0.15, 0.2) is 11.5 Å². The molecule has 4 heterocycles. The van der Waals surface area contributed by atoms with Crippen molar-refractivity contribution in [3.05, 3.63) is 77.0 Å². The molecular formula is C21H19ClN6O. The lowest BCUT2D eigenvalue weighted by Gasteiger charge is -2.23. The summed E-state index contributed by atoms with van der Waals surface area (Å²) in [6.07, 6.45) is 5.37. The monoisotopic (exact) mass is 406 g/mol. The van der Waals surface area contributed by atoms with Crippen LogP contribution in [0.3, 0.4) is 0 Å². The number of benzene rings is 1. The average Bonchev–Trinajstić information content (AvgIpc) is 3.45. The van der Waals surface area contributed by atoms with E-state index in [0.29, 0.717) is 17.1 Å². The predicted octanol–water partition coefficient (Wildman–Crippen LogP) is 3.85. The highest BCUT2D eigenvalue weighted by atomic mass is 35.5. The molecule has 0 N–H and O–H groups in total. The zero-order valence-corrected chi connectivity index (χ0v) is 16.6. The van der Waals surface area contributed by atoms with E-state index in [-0.39, 0.29) is 11.9 Å². The minimum atomic E-state index is -0.103. The van der Waals surface area contributed by atoms with Gasteiger partial charge in [-0.1, -0.05) is 23.7 Å². The summed E-state index contributed by atoms with van der Waals surface area (Å²) in [6, 6.07) is 13.1. The van der Waals surface area contributed by atoms with Crippen LogP contribution in [0.1, 0.15) is 40.8 Å². The van der Waals surface area contributed by atoms with Crippen molar-refractivity contribution in [1.29, 1.82) is 0 Å². The lowest BCUT2D eigenvalue weighted by Crippen LogP contribution is -2.31. The highest BCUT2D eigenvalue weighted by Crippen LogP contribution is 2.33. The Labute approximate surface area is 172 Å². The number of hydrogen-bond acceptors (Lipinski definition) is 4. The number of likely N-dealkylation sites (tertiary alicyclic amines) is 1. The summed E-state index contributed by atoms with van der Waals surface area (Å²) in [6.45, 7) is 2.59. The van der Waals surface area contributed by atoms with Gasteiger partial charge in [0.2, 0.25) is 0 Å². The maximum atomic E-state index is 13.4. The minimum absolute atomic E-state index is 0.0361. The van der Waals surface area contributed by atoms with Crippen molar-refractivity contribution in [3.63, 3.8) is 0 Å². The van der Waals surface area contributed by atoms with E-state index < -0.39 is 0 Å². The molecule has 1 aliphatic rings. The molecule has 1 aliphatic heterocycles. The van der Waals surface area contributed by atoms with Crippen molar-refractivity contribution in [2.75, 3.05) is 6.54 Å². The number of amides is 1. The van der Waals surface area contributed by atoms with E-state index in [1.54, 1.807) is 10.9 Å². The third-order valence-corrected chi connectivity index (χ3v) is 5.68. The molecule has 3 aromatic heterocycles. The first-order valence-corrected chi connectivity index (χ1v) is 9.92. The van der Waals surface area contributed by atoms with Crippen LogP contribution >= 0.6 is 11.6 Å². The number of pyridine rings is 1. The third-order valence-electron chi connectivity index (χ3n) is 5.44. The fourth-order valence-electron chi connectivity index (χ4n) is 4.01. The Kier molecular flexibility index (Phi) is 4.32. The largest absolute Gasteiger partial charge is 0.328 e. The summed E-state index contributed by atoms with van der Waals surface area (Å²) in [5, 5.41) is 13.7. The summed E-state index contributed by atoms with van der Waals surface area (Å²) in [7, 11) is 0. The molecule has 4 aromatic rings. The molecule has 1 atom stereocenters. The molecule has 0 spiro atoms. The van der Waals surface area contributed by atoms with Crippen molar-refractivity contribution in [2.24, 2.45) is 0 Å². The molecule has 0 bridgehead atoms. The van der Waals surface area contributed by atoms with Gasteiger partial charge in [0, 0.05) is 17.8 Å². The first-order chi connectivity index (χ1) is 14.1. The Bertz CT molecular complexity index is 1210. The molecule has 1 saturated heterocycles. The van der Waals surface area contributed by atoms with Gasteiger partial charge in [-0.3, -0.25) is 9.20 Å². The molecule has 29 heavy (non-hydrogen) atoms. The summed E-state index contributed by atoms with van der Waals surface area (Å²) in [4.78, 5) is 15.3. The van der Waals surface area contributed by atoms with Crippen LogP contribution in [0.15, 0.2) is 54.9 Å². The molecule has 1 fully saturated rings. The van der Waals surface area contributed by atoms with Gasteiger partial charge in [-0.25, -0.2) is 4.68 Å². The maximum Gasteiger partial charge on any atom is 0.257 e. The molecule has 0 aliphatic carbocycles. The number of rotatable bonds is 3. The molecule has 7 nitrogen and oxygen atoms in total. The highest BCUT2D eigenvalue weighted by molar-refractivity contribution is 6.30. The predicted molar refractivity (Wildman–Crippen MR) is 109 cm³/mol. The van der Waals surface area contributed by atoms with Crippen LogP contribution in [0, 0.1) is 6.92 Å². The summed E-state index contributed by atoms with van der Waals surface area (Å²) >= 11 is 6.11. The normalized spacial score (nSPS) is 16.6. The van der Waals surface area contributed by atoms with Crippen molar-refractivity contribution >= 4 is 23.2 Å². The van der Waals surface area contributed by atoms with Gasteiger partial charge < -0.3 is 4.90 Å². The smallest absolute Gasteiger partial charge is 0.257 e. The quantitative estimate of drug-likeness (QED) is 0.518. The molecular weight excluding hydrogens is 388 g/mol. The molecule has 1 aromatic carbocycles. The lowest BCUT2D eigenvalue weighted by atomic mass is 10.1. The van der Waals surface area contributed by atoms with Gasteiger partial charge in [-0.15, -0.1) is 10.2 Å².